The summed E-state index contributed by atoms with van der Waals surface area (Å²) in [6.07, 6.45) is 3.40. The molecule has 1 N–H and O–H groups in total. The zero-order chi connectivity index (χ0) is 21.2. The molecular weight excluding hydrogens is 407 g/mol. The first-order valence-corrected chi connectivity index (χ1v) is 9.49. The van der Waals surface area contributed by atoms with Crippen LogP contribution >= 0.6 is 11.3 Å². The molecule has 1 atom stereocenters. The smallest absolute Gasteiger partial charge is 0.335 e. The lowest BCUT2D eigenvalue weighted by atomic mass is 10.0. The predicted octanol–water partition coefficient (Wildman–Crippen LogP) is 3.36. The standard InChI is InChI=1S/C18H18F3N5O2S/c1-3-15(27)25-6-4-5-12(9-25)13-7-23-26(10-13)11(2)16(28)24-17-22-8-14(29-17)18(19,20)21/h3,5,7-8,10-11H,1,4,6,9H2,2H3,(H,22,24,28). The van der Waals surface area contributed by atoms with Crippen LogP contribution in [-0.4, -0.2) is 44.6 Å². The number of nitrogens with zero attached hydrogens (tertiary/aromatic N) is 4. The molecule has 2 aromatic rings. The number of carbonyl (C=O) groups is 2. The number of amides is 2. The van der Waals surface area contributed by atoms with Gasteiger partial charge in [-0.1, -0.05) is 24.0 Å². The minimum Gasteiger partial charge on any atom is -0.335 e. The Hall–Kier alpha value is -2.95. The van der Waals surface area contributed by atoms with Crippen molar-refractivity contribution in [3.63, 3.8) is 0 Å². The van der Waals surface area contributed by atoms with Gasteiger partial charge in [0.1, 0.15) is 10.9 Å². The van der Waals surface area contributed by atoms with Crippen LogP contribution in [0.5, 0.6) is 0 Å². The number of nitrogens with one attached hydrogen (secondary N) is 1. The van der Waals surface area contributed by atoms with Crippen LogP contribution in [0.15, 0.2) is 37.3 Å². The number of hydrogen-bond donors (Lipinski definition) is 1. The highest BCUT2D eigenvalue weighted by atomic mass is 32.1. The van der Waals surface area contributed by atoms with Crippen molar-refractivity contribution >= 4 is 33.9 Å². The minimum atomic E-state index is -4.50. The predicted molar refractivity (Wildman–Crippen MR) is 102 cm³/mol. The lowest BCUT2D eigenvalue weighted by Crippen LogP contribution is -2.34. The summed E-state index contributed by atoms with van der Waals surface area (Å²) in [4.78, 5) is 28.6. The Morgan fingerprint density at radius 3 is 2.79 bits per heavy atom. The van der Waals surface area contributed by atoms with Crippen molar-refractivity contribution in [2.45, 2.75) is 25.6 Å². The number of carbonyl (C=O) groups excluding carboxylic acids is 2. The third-order valence-electron chi connectivity index (χ3n) is 4.40. The quantitative estimate of drug-likeness (QED) is 0.745. The second-order valence-electron chi connectivity index (χ2n) is 6.38. The molecule has 1 unspecified atom stereocenters. The summed E-state index contributed by atoms with van der Waals surface area (Å²) in [5.41, 5.74) is 1.67. The van der Waals surface area contributed by atoms with Crippen LogP contribution in [0.1, 0.15) is 29.8 Å². The van der Waals surface area contributed by atoms with Crippen LogP contribution < -0.4 is 5.32 Å². The molecule has 0 radical (unpaired) electrons. The zero-order valence-corrected chi connectivity index (χ0v) is 16.3. The van der Waals surface area contributed by atoms with E-state index in [0.717, 1.165) is 11.1 Å². The Morgan fingerprint density at radius 1 is 1.38 bits per heavy atom. The van der Waals surface area contributed by atoms with Gasteiger partial charge in [0.05, 0.1) is 12.4 Å². The van der Waals surface area contributed by atoms with E-state index in [1.54, 1.807) is 24.2 Å². The molecule has 2 aromatic heterocycles. The van der Waals surface area contributed by atoms with Crippen molar-refractivity contribution < 1.29 is 22.8 Å². The van der Waals surface area contributed by atoms with E-state index in [9.17, 15) is 22.8 Å². The van der Waals surface area contributed by atoms with E-state index in [-0.39, 0.29) is 11.0 Å². The fourth-order valence-corrected chi connectivity index (χ4v) is 3.47. The fourth-order valence-electron chi connectivity index (χ4n) is 2.78. The Balaban J connectivity index is 1.67. The van der Waals surface area contributed by atoms with E-state index in [4.69, 9.17) is 0 Å². The molecule has 7 nitrogen and oxygen atoms in total. The van der Waals surface area contributed by atoms with Gasteiger partial charge in [-0.15, -0.1) is 0 Å². The first-order chi connectivity index (χ1) is 13.7. The van der Waals surface area contributed by atoms with E-state index in [1.807, 2.05) is 6.08 Å². The SMILES string of the molecule is C=CC(=O)N1CCC=C(c2cnn(C(C)C(=O)Nc3ncc(C(F)(F)F)s3)c2)C1. The fraction of sp³-hybridized carbons (Fsp3) is 0.333. The lowest BCUT2D eigenvalue weighted by Gasteiger charge is -2.26. The van der Waals surface area contributed by atoms with Gasteiger partial charge < -0.3 is 10.2 Å². The molecule has 154 valence electrons. The van der Waals surface area contributed by atoms with Crippen molar-refractivity contribution in [2.24, 2.45) is 0 Å². The van der Waals surface area contributed by atoms with Crippen molar-refractivity contribution in [3.8, 4) is 0 Å². The van der Waals surface area contributed by atoms with Crippen LogP contribution in [-0.2, 0) is 15.8 Å². The van der Waals surface area contributed by atoms with Gasteiger partial charge in [-0.05, 0) is 25.0 Å². The summed E-state index contributed by atoms with van der Waals surface area (Å²) < 4.78 is 39.4. The molecule has 1 aliphatic heterocycles. The monoisotopic (exact) mass is 425 g/mol. The second-order valence-corrected chi connectivity index (χ2v) is 7.41. The van der Waals surface area contributed by atoms with E-state index in [0.29, 0.717) is 37.0 Å². The molecule has 0 aromatic carbocycles. The summed E-state index contributed by atoms with van der Waals surface area (Å²) in [6, 6.07) is -0.767. The molecular formula is C18H18F3N5O2S. The highest BCUT2D eigenvalue weighted by molar-refractivity contribution is 7.15. The second kappa shape index (κ2) is 8.19. The average Bonchev–Trinajstić information content (AvgIpc) is 3.36. The molecule has 2 amide bonds. The van der Waals surface area contributed by atoms with Gasteiger partial charge in [0, 0.05) is 24.8 Å². The van der Waals surface area contributed by atoms with Gasteiger partial charge in [-0.3, -0.25) is 14.3 Å². The normalized spacial score (nSPS) is 15.6. The van der Waals surface area contributed by atoms with E-state index in [2.05, 4.69) is 22.0 Å². The number of rotatable bonds is 5. The molecule has 0 fully saturated rings. The number of thiazole rings is 1. The maximum absolute atomic E-state index is 12.7. The molecule has 0 saturated carbocycles. The Bertz CT molecular complexity index is 963. The lowest BCUT2D eigenvalue weighted by molar-refractivity contribution is -0.134. The maximum Gasteiger partial charge on any atom is 0.427 e. The van der Waals surface area contributed by atoms with Gasteiger partial charge in [-0.2, -0.15) is 18.3 Å². The zero-order valence-electron chi connectivity index (χ0n) is 15.4. The molecule has 1 aliphatic rings. The third kappa shape index (κ3) is 4.73. The number of aromatic nitrogens is 3. The van der Waals surface area contributed by atoms with Crippen molar-refractivity contribution in [3.05, 3.63) is 47.8 Å². The molecule has 0 spiro atoms. The Labute approximate surface area is 168 Å². The molecule has 11 heteroatoms. The highest BCUT2D eigenvalue weighted by Crippen LogP contribution is 2.35. The van der Waals surface area contributed by atoms with Crippen LogP contribution in [0.25, 0.3) is 5.57 Å². The Kier molecular flexibility index (Phi) is 5.87. The maximum atomic E-state index is 12.7. The summed E-state index contributed by atoms with van der Waals surface area (Å²) in [7, 11) is 0. The summed E-state index contributed by atoms with van der Waals surface area (Å²) in [5, 5.41) is 6.43. The minimum absolute atomic E-state index is 0.130. The van der Waals surface area contributed by atoms with Crippen LogP contribution in [0, 0.1) is 0 Å². The average molecular weight is 425 g/mol. The third-order valence-corrected chi connectivity index (χ3v) is 5.36. The number of halogens is 3. The van der Waals surface area contributed by atoms with Gasteiger partial charge in [0.15, 0.2) is 5.13 Å². The van der Waals surface area contributed by atoms with E-state index in [1.165, 1.54) is 10.8 Å². The Morgan fingerprint density at radius 2 is 2.14 bits per heavy atom. The van der Waals surface area contributed by atoms with Crippen LogP contribution in [0.2, 0.25) is 0 Å². The number of anilines is 1. The van der Waals surface area contributed by atoms with Gasteiger partial charge in [0.2, 0.25) is 5.91 Å². The van der Waals surface area contributed by atoms with Crippen molar-refractivity contribution in [2.75, 3.05) is 18.4 Å². The van der Waals surface area contributed by atoms with Crippen molar-refractivity contribution in [1.82, 2.24) is 19.7 Å². The summed E-state index contributed by atoms with van der Waals surface area (Å²) in [5.74, 6) is -0.693. The molecule has 0 bridgehead atoms. The summed E-state index contributed by atoms with van der Waals surface area (Å²) in [6.45, 7) is 6.09. The topological polar surface area (TPSA) is 80.1 Å². The summed E-state index contributed by atoms with van der Waals surface area (Å²) >= 11 is 0.361. The first kappa shape index (κ1) is 20.8. The van der Waals surface area contributed by atoms with E-state index >= 15 is 0 Å². The van der Waals surface area contributed by atoms with Gasteiger partial charge in [-0.25, -0.2) is 4.98 Å². The molecule has 3 heterocycles. The van der Waals surface area contributed by atoms with Crippen molar-refractivity contribution in [1.29, 1.82) is 0 Å². The number of alkyl halides is 3. The molecule has 0 saturated heterocycles. The largest absolute Gasteiger partial charge is 0.427 e. The molecule has 29 heavy (non-hydrogen) atoms. The van der Waals surface area contributed by atoms with Crippen LogP contribution in [0.4, 0.5) is 18.3 Å². The number of hydrogen-bond acceptors (Lipinski definition) is 5. The van der Waals surface area contributed by atoms with Crippen LogP contribution in [0.3, 0.4) is 0 Å². The van der Waals surface area contributed by atoms with E-state index < -0.39 is 23.0 Å². The van der Waals surface area contributed by atoms with Gasteiger partial charge in [0.25, 0.3) is 5.91 Å². The van der Waals surface area contributed by atoms with Gasteiger partial charge >= 0.3 is 6.18 Å². The molecule has 3 rings (SSSR count). The highest BCUT2D eigenvalue weighted by Gasteiger charge is 2.33. The first-order valence-electron chi connectivity index (χ1n) is 8.68. The molecule has 0 aliphatic carbocycles.